The number of hydrogen-bond acceptors (Lipinski definition) is 4. The highest BCUT2D eigenvalue weighted by atomic mass is 35.5. The van der Waals surface area contributed by atoms with E-state index in [1.54, 1.807) is 23.6 Å². The molecule has 0 atom stereocenters. The van der Waals surface area contributed by atoms with Crippen LogP contribution >= 0.6 is 22.9 Å². The lowest BCUT2D eigenvalue weighted by Crippen LogP contribution is -2.05. The van der Waals surface area contributed by atoms with Gasteiger partial charge in [0.05, 0.1) is 17.6 Å². The van der Waals surface area contributed by atoms with Crippen molar-refractivity contribution in [1.29, 1.82) is 0 Å². The van der Waals surface area contributed by atoms with Crippen LogP contribution in [0.1, 0.15) is 34.7 Å². The van der Waals surface area contributed by atoms with Gasteiger partial charge in [-0.2, -0.15) is 0 Å². The Morgan fingerprint density at radius 1 is 1.17 bits per heavy atom. The van der Waals surface area contributed by atoms with Crippen molar-refractivity contribution in [2.75, 3.05) is 0 Å². The Bertz CT molecular complexity index is 1230. The molecule has 4 nitrogen and oxygen atoms in total. The second-order valence-electron chi connectivity index (χ2n) is 7.29. The molecule has 0 bridgehead atoms. The van der Waals surface area contributed by atoms with Crippen LogP contribution in [0.4, 0.5) is 4.39 Å². The molecule has 0 radical (unpaired) electrons. The van der Waals surface area contributed by atoms with Gasteiger partial charge in [-0.3, -0.25) is 4.40 Å². The monoisotopic (exact) mass is 439 g/mol. The summed E-state index contributed by atoms with van der Waals surface area (Å²) >= 11 is 7.82. The average Bonchev–Trinajstić information content (AvgIpc) is 3.28. The molecule has 30 heavy (non-hydrogen) atoms. The minimum absolute atomic E-state index is 0.203. The molecule has 0 saturated heterocycles. The van der Waals surface area contributed by atoms with E-state index in [-0.39, 0.29) is 12.4 Å². The van der Waals surface area contributed by atoms with Crippen LogP contribution in [0.25, 0.3) is 16.2 Å². The molecule has 0 fully saturated rings. The molecule has 1 aliphatic rings. The highest BCUT2D eigenvalue weighted by Crippen LogP contribution is 2.34. The summed E-state index contributed by atoms with van der Waals surface area (Å²) in [6, 6.07) is 14.0. The third kappa shape index (κ3) is 3.73. The Hall–Kier alpha value is -2.70. The fourth-order valence-corrected chi connectivity index (χ4v) is 5.17. The third-order valence-corrected chi connectivity index (χ3v) is 6.64. The summed E-state index contributed by atoms with van der Waals surface area (Å²) in [5, 5.41) is 4.88. The minimum atomic E-state index is -0.285. The standard InChI is InChI=1S/C23H19ClFN3OS/c24-17-10-8-16(9-11-17)22-20(13-26-29-14-15-4-3-5-18(25)12-15)28-19-6-1-2-7-21(19)30-23(28)27-22/h3-5,8-13H,1-2,6-7,14H2/b26-13+. The van der Waals surface area contributed by atoms with E-state index in [1.807, 2.05) is 30.3 Å². The van der Waals surface area contributed by atoms with E-state index in [1.165, 1.54) is 35.5 Å². The fourth-order valence-electron chi connectivity index (χ4n) is 3.82. The van der Waals surface area contributed by atoms with Crippen molar-refractivity contribution in [3.05, 3.63) is 81.2 Å². The molecule has 2 heterocycles. The molecule has 0 N–H and O–H groups in total. The fraction of sp³-hybridized carbons (Fsp3) is 0.217. The van der Waals surface area contributed by atoms with Crippen LogP contribution < -0.4 is 0 Å². The predicted molar refractivity (Wildman–Crippen MR) is 119 cm³/mol. The summed E-state index contributed by atoms with van der Waals surface area (Å²) in [5.41, 5.74) is 4.78. The van der Waals surface area contributed by atoms with Gasteiger partial charge in [0.1, 0.15) is 12.4 Å². The van der Waals surface area contributed by atoms with E-state index < -0.39 is 0 Å². The maximum Gasteiger partial charge on any atom is 0.195 e. The van der Waals surface area contributed by atoms with Gasteiger partial charge in [0.15, 0.2) is 4.96 Å². The molecular formula is C23H19ClFN3OS. The van der Waals surface area contributed by atoms with Crippen LogP contribution in [-0.2, 0) is 24.3 Å². The predicted octanol–water partition coefficient (Wildman–Crippen LogP) is 6.28. The summed E-state index contributed by atoms with van der Waals surface area (Å²) in [6.45, 7) is 0.203. The molecule has 0 saturated carbocycles. The number of oxime groups is 1. The highest BCUT2D eigenvalue weighted by molar-refractivity contribution is 7.17. The largest absolute Gasteiger partial charge is 0.391 e. The first kappa shape index (κ1) is 19.3. The summed E-state index contributed by atoms with van der Waals surface area (Å²) in [5.74, 6) is -0.285. The summed E-state index contributed by atoms with van der Waals surface area (Å²) in [7, 11) is 0. The summed E-state index contributed by atoms with van der Waals surface area (Å²) in [6.07, 6.45) is 6.26. The number of halogens is 2. The first-order valence-corrected chi connectivity index (χ1v) is 11.1. The third-order valence-electron chi connectivity index (χ3n) is 5.24. The van der Waals surface area contributed by atoms with Crippen molar-refractivity contribution < 1.29 is 9.23 Å². The molecule has 0 amide bonds. The molecule has 152 valence electrons. The maximum atomic E-state index is 13.4. The second-order valence-corrected chi connectivity index (χ2v) is 8.79. The minimum Gasteiger partial charge on any atom is -0.391 e. The molecule has 7 heteroatoms. The number of hydrogen-bond donors (Lipinski definition) is 0. The molecule has 0 spiro atoms. The maximum absolute atomic E-state index is 13.4. The van der Waals surface area contributed by atoms with Crippen molar-refractivity contribution in [1.82, 2.24) is 9.38 Å². The van der Waals surface area contributed by atoms with Crippen molar-refractivity contribution in [2.24, 2.45) is 5.16 Å². The molecule has 4 aromatic rings. The first-order chi connectivity index (χ1) is 14.7. The van der Waals surface area contributed by atoms with Crippen molar-refractivity contribution in [3.63, 3.8) is 0 Å². The van der Waals surface area contributed by atoms with E-state index in [0.29, 0.717) is 5.02 Å². The lowest BCUT2D eigenvalue weighted by molar-refractivity contribution is 0.132. The second kappa shape index (κ2) is 8.20. The van der Waals surface area contributed by atoms with Gasteiger partial charge in [-0.15, -0.1) is 11.3 Å². The van der Waals surface area contributed by atoms with Crippen LogP contribution in [-0.4, -0.2) is 15.6 Å². The Labute approximate surface area is 182 Å². The molecule has 2 aromatic heterocycles. The van der Waals surface area contributed by atoms with E-state index in [0.717, 1.165) is 40.3 Å². The van der Waals surface area contributed by atoms with Crippen LogP contribution in [0.3, 0.4) is 0 Å². The summed E-state index contributed by atoms with van der Waals surface area (Å²) in [4.78, 5) is 12.8. The lowest BCUT2D eigenvalue weighted by atomic mass is 10.0. The van der Waals surface area contributed by atoms with Crippen LogP contribution in [0.2, 0.25) is 5.02 Å². The molecular weight excluding hydrogens is 421 g/mol. The van der Waals surface area contributed by atoms with E-state index in [9.17, 15) is 4.39 Å². The number of fused-ring (bicyclic) bond motifs is 3. The Morgan fingerprint density at radius 3 is 2.83 bits per heavy atom. The zero-order chi connectivity index (χ0) is 20.5. The number of imidazole rings is 1. The Kier molecular flexibility index (Phi) is 5.27. The number of aryl methyl sites for hydroxylation is 2. The van der Waals surface area contributed by atoms with Crippen LogP contribution in [0.15, 0.2) is 53.7 Å². The van der Waals surface area contributed by atoms with Crippen molar-refractivity contribution >= 4 is 34.1 Å². The Morgan fingerprint density at radius 2 is 2.00 bits per heavy atom. The number of rotatable bonds is 5. The number of benzene rings is 2. The van der Waals surface area contributed by atoms with Gasteiger partial charge in [-0.05, 0) is 55.5 Å². The van der Waals surface area contributed by atoms with E-state index >= 15 is 0 Å². The zero-order valence-electron chi connectivity index (χ0n) is 16.1. The lowest BCUT2D eigenvalue weighted by Gasteiger charge is -2.11. The molecule has 1 aliphatic carbocycles. The van der Waals surface area contributed by atoms with Gasteiger partial charge in [-0.1, -0.05) is 41.0 Å². The van der Waals surface area contributed by atoms with Crippen molar-refractivity contribution in [3.8, 4) is 11.3 Å². The first-order valence-electron chi connectivity index (χ1n) is 9.88. The SMILES string of the molecule is Fc1cccc(CO/N=C/c2c(-c3ccc(Cl)cc3)nc3sc4c(n23)CCCC4)c1. The zero-order valence-corrected chi connectivity index (χ0v) is 17.7. The normalized spacial score (nSPS) is 13.8. The van der Waals surface area contributed by atoms with Crippen LogP contribution in [0.5, 0.6) is 0 Å². The number of aromatic nitrogens is 2. The average molecular weight is 440 g/mol. The van der Waals surface area contributed by atoms with E-state index in [4.69, 9.17) is 21.4 Å². The van der Waals surface area contributed by atoms with Crippen LogP contribution in [0, 0.1) is 5.82 Å². The smallest absolute Gasteiger partial charge is 0.195 e. The van der Waals surface area contributed by atoms with Gasteiger partial charge >= 0.3 is 0 Å². The molecule has 0 aliphatic heterocycles. The molecule has 2 aromatic carbocycles. The van der Waals surface area contributed by atoms with Gasteiger partial charge in [0.2, 0.25) is 0 Å². The van der Waals surface area contributed by atoms with E-state index in [2.05, 4.69) is 9.56 Å². The topological polar surface area (TPSA) is 38.9 Å². The van der Waals surface area contributed by atoms with Gasteiger partial charge in [-0.25, -0.2) is 9.37 Å². The molecule has 0 unspecified atom stereocenters. The Balaban J connectivity index is 1.51. The summed E-state index contributed by atoms with van der Waals surface area (Å²) < 4.78 is 15.6. The van der Waals surface area contributed by atoms with Gasteiger partial charge in [0.25, 0.3) is 0 Å². The van der Waals surface area contributed by atoms with Gasteiger partial charge < -0.3 is 4.84 Å². The number of thiazole rings is 1. The number of nitrogens with zero attached hydrogens (tertiary/aromatic N) is 3. The highest BCUT2D eigenvalue weighted by Gasteiger charge is 2.22. The molecule has 5 rings (SSSR count). The van der Waals surface area contributed by atoms with Gasteiger partial charge in [0, 0.05) is 21.2 Å². The quantitative estimate of drug-likeness (QED) is 0.271. The van der Waals surface area contributed by atoms with Crippen molar-refractivity contribution in [2.45, 2.75) is 32.3 Å².